The van der Waals surface area contributed by atoms with Crippen LogP contribution in [0.15, 0.2) is 0 Å². The van der Waals surface area contributed by atoms with Gasteiger partial charge in [-0.05, 0) is 39.0 Å². The third kappa shape index (κ3) is 2.90. The van der Waals surface area contributed by atoms with Crippen LogP contribution in [-0.2, 0) is 0 Å². The highest BCUT2D eigenvalue weighted by Gasteiger charge is 2.22. The molecule has 0 aromatic carbocycles. The largest absolute Gasteiger partial charge is 0.393 e. The van der Waals surface area contributed by atoms with Crippen LogP contribution in [0.4, 0.5) is 11.6 Å². The molecule has 1 saturated carbocycles. The summed E-state index contributed by atoms with van der Waals surface area (Å²) in [4.78, 5) is 8.78. The normalized spacial score (nSPS) is 23.1. The number of rotatable bonds is 4. The molecule has 1 aliphatic carbocycles. The molecule has 5 nitrogen and oxygen atoms in total. The molecule has 2 unspecified atom stereocenters. The number of anilines is 2. The van der Waals surface area contributed by atoms with Crippen molar-refractivity contribution in [1.82, 2.24) is 9.97 Å². The highest BCUT2D eigenvalue weighted by atomic mass is 16.3. The van der Waals surface area contributed by atoms with E-state index in [0.29, 0.717) is 5.92 Å². The molecule has 2 atom stereocenters. The van der Waals surface area contributed by atoms with Gasteiger partial charge in [0.15, 0.2) is 0 Å². The van der Waals surface area contributed by atoms with Gasteiger partial charge in [-0.3, -0.25) is 0 Å². The zero-order valence-corrected chi connectivity index (χ0v) is 11.3. The first kappa shape index (κ1) is 13.1. The molecule has 0 aliphatic heterocycles. The molecule has 100 valence electrons. The maximum Gasteiger partial charge on any atom is 0.134 e. The molecular weight excluding hydrogens is 228 g/mol. The number of nitrogens with zero attached hydrogens (tertiary/aromatic N) is 2. The second kappa shape index (κ2) is 5.52. The summed E-state index contributed by atoms with van der Waals surface area (Å²) < 4.78 is 0. The Morgan fingerprint density at radius 2 is 1.94 bits per heavy atom. The van der Waals surface area contributed by atoms with Gasteiger partial charge in [-0.15, -0.1) is 0 Å². The Labute approximate surface area is 108 Å². The van der Waals surface area contributed by atoms with Crippen molar-refractivity contribution in [2.75, 3.05) is 24.2 Å². The predicted molar refractivity (Wildman–Crippen MR) is 72.9 cm³/mol. The summed E-state index contributed by atoms with van der Waals surface area (Å²) >= 11 is 0. The molecule has 2 rings (SSSR count). The standard InChI is InChI=1S/C13H22N4O/c1-8-12(14-3)16-9(2)17-13(8)15-7-10-4-5-11(18)6-10/h10-11,18H,4-7H2,1-3H3,(H2,14,15,16,17). The minimum absolute atomic E-state index is 0.113. The van der Waals surface area contributed by atoms with Crippen molar-refractivity contribution < 1.29 is 5.11 Å². The van der Waals surface area contributed by atoms with Gasteiger partial charge in [-0.25, -0.2) is 9.97 Å². The molecule has 5 heteroatoms. The Bertz CT molecular complexity index is 422. The van der Waals surface area contributed by atoms with Crippen LogP contribution in [0.5, 0.6) is 0 Å². The zero-order chi connectivity index (χ0) is 13.1. The van der Waals surface area contributed by atoms with Crippen LogP contribution < -0.4 is 10.6 Å². The summed E-state index contributed by atoms with van der Waals surface area (Å²) in [6, 6.07) is 0. The van der Waals surface area contributed by atoms with Gasteiger partial charge in [0.05, 0.1) is 6.10 Å². The molecule has 3 N–H and O–H groups in total. The average molecular weight is 250 g/mol. The van der Waals surface area contributed by atoms with Gasteiger partial charge in [0.1, 0.15) is 17.5 Å². The van der Waals surface area contributed by atoms with Crippen LogP contribution in [0.25, 0.3) is 0 Å². The third-order valence-electron chi connectivity index (χ3n) is 3.57. The second-order valence-corrected chi connectivity index (χ2v) is 5.06. The molecule has 0 radical (unpaired) electrons. The van der Waals surface area contributed by atoms with Crippen LogP contribution in [0.3, 0.4) is 0 Å². The van der Waals surface area contributed by atoms with Gasteiger partial charge in [0.25, 0.3) is 0 Å². The topological polar surface area (TPSA) is 70.1 Å². The maximum absolute atomic E-state index is 9.51. The van der Waals surface area contributed by atoms with Gasteiger partial charge in [-0.2, -0.15) is 0 Å². The molecule has 0 amide bonds. The van der Waals surface area contributed by atoms with Gasteiger partial charge < -0.3 is 15.7 Å². The number of hydrogen-bond acceptors (Lipinski definition) is 5. The van der Waals surface area contributed by atoms with Crippen molar-refractivity contribution in [2.24, 2.45) is 5.92 Å². The lowest BCUT2D eigenvalue weighted by Gasteiger charge is -2.15. The predicted octanol–water partition coefficient (Wildman–Crippen LogP) is 1.71. The van der Waals surface area contributed by atoms with Crippen LogP contribution in [0.1, 0.15) is 30.7 Å². The quantitative estimate of drug-likeness (QED) is 0.759. The van der Waals surface area contributed by atoms with Crippen LogP contribution in [0, 0.1) is 19.8 Å². The monoisotopic (exact) mass is 250 g/mol. The highest BCUT2D eigenvalue weighted by molar-refractivity contribution is 5.56. The van der Waals surface area contributed by atoms with Gasteiger partial charge in [0, 0.05) is 19.2 Å². The number of aryl methyl sites for hydroxylation is 1. The molecule has 1 aromatic heterocycles. The number of aliphatic hydroxyl groups is 1. The molecule has 0 bridgehead atoms. The maximum atomic E-state index is 9.51. The lowest BCUT2D eigenvalue weighted by Crippen LogP contribution is -2.15. The zero-order valence-electron chi connectivity index (χ0n) is 11.3. The first-order chi connectivity index (χ1) is 8.60. The summed E-state index contributed by atoms with van der Waals surface area (Å²) in [6.07, 6.45) is 2.80. The lowest BCUT2D eigenvalue weighted by atomic mass is 10.1. The van der Waals surface area contributed by atoms with Crippen molar-refractivity contribution in [3.05, 3.63) is 11.4 Å². The Kier molecular flexibility index (Phi) is 4.01. The first-order valence-corrected chi connectivity index (χ1v) is 6.55. The van der Waals surface area contributed by atoms with E-state index < -0.39 is 0 Å². The van der Waals surface area contributed by atoms with Gasteiger partial charge in [-0.1, -0.05) is 0 Å². The van der Waals surface area contributed by atoms with E-state index in [1.165, 1.54) is 0 Å². The van der Waals surface area contributed by atoms with E-state index in [2.05, 4.69) is 20.6 Å². The van der Waals surface area contributed by atoms with Crippen molar-refractivity contribution in [3.8, 4) is 0 Å². The summed E-state index contributed by atoms with van der Waals surface area (Å²) in [5.41, 5.74) is 1.04. The number of aliphatic hydroxyl groups excluding tert-OH is 1. The Balaban J connectivity index is 2.02. The number of aromatic nitrogens is 2. The molecule has 1 heterocycles. The van der Waals surface area contributed by atoms with E-state index in [1.54, 1.807) is 0 Å². The van der Waals surface area contributed by atoms with Crippen molar-refractivity contribution in [2.45, 2.75) is 39.2 Å². The first-order valence-electron chi connectivity index (χ1n) is 6.55. The molecule has 18 heavy (non-hydrogen) atoms. The van der Waals surface area contributed by atoms with E-state index in [-0.39, 0.29) is 6.10 Å². The van der Waals surface area contributed by atoms with Gasteiger partial charge >= 0.3 is 0 Å². The van der Waals surface area contributed by atoms with E-state index in [9.17, 15) is 5.11 Å². The smallest absolute Gasteiger partial charge is 0.134 e. The highest BCUT2D eigenvalue weighted by Crippen LogP contribution is 2.26. The minimum Gasteiger partial charge on any atom is -0.393 e. The number of hydrogen-bond donors (Lipinski definition) is 3. The fourth-order valence-corrected chi connectivity index (χ4v) is 2.52. The Hall–Kier alpha value is -1.36. The minimum atomic E-state index is -0.113. The van der Waals surface area contributed by atoms with Crippen LogP contribution >= 0.6 is 0 Å². The molecule has 1 aliphatic rings. The Morgan fingerprint density at radius 3 is 2.56 bits per heavy atom. The Morgan fingerprint density at radius 1 is 1.22 bits per heavy atom. The fraction of sp³-hybridized carbons (Fsp3) is 0.692. The van der Waals surface area contributed by atoms with Gasteiger partial charge in [0.2, 0.25) is 0 Å². The SMILES string of the molecule is CNc1nc(C)nc(NCC2CCC(O)C2)c1C. The average Bonchev–Trinajstić information content (AvgIpc) is 2.75. The van der Waals surface area contributed by atoms with Crippen molar-refractivity contribution in [1.29, 1.82) is 0 Å². The van der Waals surface area contributed by atoms with E-state index in [1.807, 2.05) is 20.9 Å². The van der Waals surface area contributed by atoms with Crippen LogP contribution in [-0.4, -0.2) is 34.8 Å². The van der Waals surface area contributed by atoms with Crippen molar-refractivity contribution >= 4 is 11.6 Å². The molecule has 1 aromatic rings. The summed E-state index contributed by atoms with van der Waals surface area (Å²) in [5.74, 6) is 3.08. The van der Waals surface area contributed by atoms with Crippen molar-refractivity contribution in [3.63, 3.8) is 0 Å². The summed E-state index contributed by atoms with van der Waals surface area (Å²) in [7, 11) is 1.87. The van der Waals surface area contributed by atoms with Crippen LogP contribution in [0.2, 0.25) is 0 Å². The second-order valence-electron chi connectivity index (χ2n) is 5.06. The molecule has 0 spiro atoms. The summed E-state index contributed by atoms with van der Waals surface area (Å²) in [5, 5.41) is 16.0. The molecule has 0 saturated heterocycles. The lowest BCUT2D eigenvalue weighted by molar-refractivity contribution is 0.178. The van der Waals surface area contributed by atoms with E-state index in [0.717, 1.165) is 48.8 Å². The van der Waals surface area contributed by atoms with E-state index in [4.69, 9.17) is 0 Å². The summed E-state index contributed by atoms with van der Waals surface area (Å²) in [6.45, 7) is 4.78. The molecule has 1 fully saturated rings. The third-order valence-corrected chi connectivity index (χ3v) is 3.57. The fourth-order valence-electron chi connectivity index (χ4n) is 2.52. The number of nitrogens with one attached hydrogen (secondary N) is 2. The van der Waals surface area contributed by atoms with E-state index >= 15 is 0 Å². The molecular formula is C13H22N4O.